The fourth-order valence-corrected chi connectivity index (χ4v) is 2.86. The number of carboxylic acid groups (broad SMARTS) is 2. The number of benzene rings is 2. The van der Waals surface area contributed by atoms with E-state index in [-0.39, 0.29) is 11.3 Å². The van der Waals surface area contributed by atoms with Crippen molar-refractivity contribution in [3.63, 3.8) is 0 Å². The zero-order valence-corrected chi connectivity index (χ0v) is 14.7. The number of nitrogens with zero attached hydrogens (tertiary/aromatic N) is 2. The number of aromatic carboxylic acids is 2. The smallest absolute Gasteiger partial charge is 0.357 e. The monoisotopic (exact) mass is 400 g/mol. The second kappa shape index (κ2) is 6.52. The molecule has 0 unspecified atom stereocenters. The number of carboxylic acids is 2. The third-order valence-electron chi connectivity index (χ3n) is 3.67. The average molecular weight is 401 g/mol. The second-order valence-electron chi connectivity index (χ2n) is 5.44. The summed E-state index contributed by atoms with van der Waals surface area (Å²) in [5, 5.41) is 23.1. The molecule has 0 aliphatic rings. The van der Waals surface area contributed by atoms with Crippen LogP contribution < -0.4 is 0 Å². The Bertz CT molecular complexity index is 977. The Hall–Kier alpha value is -2.93. The molecule has 126 valence electrons. The van der Waals surface area contributed by atoms with Gasteiger partial charge in [0.2, 0.25) is 0 Å². The van der Waals surface area contributed by atoms with Gasteiger partial charge in [-0.2, -0.15) is 5.10 Å². The van der Waals surface area contributed by atoms with Gasteiger partial charge in [0.1, 0.15) is 5.56 Å². The first-order valence-corrected chi connectivity index (χ1v) is 8.10. The summed E-state index contributed by atoms with van der Waals surface area (Å²) in [5.41, 5.74) is 1.49. The molecule has 0 spiro atoms. The zero-order chi connectivity index (χ0) is 18.1. The minimum atomic E-state index is -1.39. The Kier molecular flexibility index (Phi) is 4.41. The lowest BCUT2D eigenvalue weighted by Crippen LogP contribution is -2.07. The lowest BCUT2D eigenvalue weighted by Gasteiger charge is -2.09. The number of aryl methyl sites for hydroxylation is 1. The molecule has 6 nitrogen and oxygen atoms in total. The summed E-state index contributed by atoms with van der Waals surface area (Å²) in [6.07, 6.45) is 0. The number of hydrogen-bond acceptors (Lipinski definition) is 3. The summed E-state index contributed by atoms with van der Waals surface area (Å²) < 4.78 is 2.19. The second-order valence-corrected chi connectivity index (χ2v) is 6.36. The van der Waals surface area contributed by atoms with E-state index in [1.807, 2.05) is 19.1 Å². The lowest BCUT2D eigenvalue weighted by molar-refractivity contribution is 0.0648. The molecule has 0 fully saturated rings. The fraction of sp³-hybridized carbons (Fsp3) is 0.0556. The topological polar surface area (TPSA) is 92.4 Å². The van der Waals surface area contributed by atoms with Crippen LogP contribution in [-0.2, 0) is 0 Å². The van der Waals surface area contributed by atoms with Crippen LogP contribution in [0.25, 0.3) is 16.9 Å². The van der Waals surface area contributed by atoms with Crippen molar-refractivity contribution < 1.29 is 19.8 Å². The van der Waals surface area contributed by atoms with Gasteiger partial charge < -0.3 is 10.2 Å². The van der Waals surface area contributed by atoms with Crippen molar-refractivity contribution in [3.05, 3.63) is 69.8 Å². The Morgan fingerprint density at radius 3 is 2.28 bits per heavy atom. The molecular weight excluding hydrogens is 388 g/mol. The molecule has 3 rings (SSSR count). The molecule has 2 aromatic carbocycles. The molecule has 0 atom stereocenters. The molecule has 25 heavy (non-hydrogen) atoms. The van der Waals surface area contributed by atoms with Gasteiger partial charge in [-0.1, -0.05) is 40.2 Å². The van der Waals surface area contributed by atoms with Crippen molar-refractivity contribution in [1.82, 2.24) is 9.78 Å². The lowest BCUT2D eigenvalue weighted by atomic mass is 10.1. The minimum Gasteiger partial charge on any atom is -0.478 e. The summed E-state index contributed by atoms with van der Waals surface area (Å²) in [5.74, 6) is -2.73. The van der Waals surface area contributed by atoms with E-state index in [4.69, 9.17) is 0 Å². The van der Waals surface area contributed by atoms with E-state index in [1.165, 1.54) is 4.68 Å². The van der Waals surface area contributed by atoms with Gasteiger partial charge in [0.05, 0.1) is 11.4 Å². The van der Waals surface area contributed by atoms with E-state index in [2.05, 4.69) is 21.0 Å². The maximum absolute atomic E-state index is 11.8. The third kappa shape index (κ3) is 3.18. The van der Waals surface area contributed by atoms with Gasteiger partial charge >= 0.3 is 11.9 Å². The summed E-state index contributed by atoms with van der Waals surface area (Å²) in [7, 11) is 0. The quantitative estimate of drug-likeness (QED) is 0.689. The van der Waals surface area contributed by atoms with Crippen LogP contribution in [0.5, 0.6) is 0 Å². The normalized spacial score (nSPS) is 10.6. The van der Waals surface area contributed by atoms with Gasteiger partial charge in [0, 0.05) is 10.0 Å². The van der Waals surface area contributed by atoms with Crippen LogP contribution in [0.15, 0.2) is 53.0 Å². The summed E-state index contributed by atoms with van der Waals surface area (Å²) in [4.78, 5) is 23.3. The molecular formula is C18H13BrN2O4. The van der Waals surface area contributed by atoms with Crippen LogP contribution in [-0.4, -0.2) is 31.9 Å². The SMILES string of the molecule is Cc1cccc(-n2nc(C(=O)O)c(C(=O)O)c2-c2ccc(Br)cc2)c1. The third-order valence-corrected chi connectivity index (χ3v) is 4.19. The van der Waals surface area contributed by atoms with Gasteiger partial charge in [0.15, 0.2) is 5.69 Å². The van der Waals surface area contributed by atoms with E-state index in [1.54, 1.807) is 36.4 Å². The Labute approximate surface area is 151 Å². The molecule has 3 aromatic rings. The molecule has 7 heteroatoms. The van der Waals surface area contributed by atoms with Crippen molar-refractivity contribution in [2.45, 2.75) is 6.92 Å². The molecule has 2 N–H and O–H groups in total. The highest BCUT2D eigenvalue weighted by Crippen LogP contribution is 2.30. The average Bonchev–Trinajstić information content (AvgIpc) is 2.96. The van der Waals surface area contributed by atoms with Crippen LogP contribution in [0.4, 0.5) is 0 Å². The molecule has 0 saturated carbocycles. The number of hydrogen-bond donors (Lipinski definition) is 2. The molecule has 0 saturated heterocycles. The maximum atomic E-state index is 11.8. The van der Waals surface area contributed by atoms with Gasteiger partial charge in [-0.25, -0.2) is 14.3 Å². The first-order valence-electron chi connectivity index (χ1n) is 7.31. The molecule has 0 bridgehead atoms. The predicted octanol–water partition coefficient (Wildman–Crippen LogP) is 4.01. The van der Waals surface area contributed by atoms with Crippen LogP contribution in [0.2, 0.25) is 0 Å². The van der Waals surface area contributed by atoms with Gasteiger partial charge in [-0.15, -0.1) is 0 Å². The Morgan fingerprint density at radius 2 is 1.72 bits per heavy atom. The van der Waals surface area contributed by atoms with E-state index in [0.29, 0.717) is 11.3 Å². The van der Waals surface area contributed by atoms with Crippen LogP contribution in [0.3, 0.4) is 0 Å². The maximum Gasteiger partial charge on any atom is 0.357 e. The molecule has 1 aromatic heterocycles. The number of aromatic nitrogens is 2. The number of rotatable bonds is 4. The van der Waals surface area contributed by atoms with Crippen LogP contribution in [0.1, 0.15) is 26.4 Å². The summed E-state index contributed by atoms with van der Waals surface area (Å²) in [6, 6.07) is 14.2. The van der Waals surface area contributed by atoms with E-state index in [0.717, 1.165) is 10.0 Å². The largest absolute Gasteiger partial charge is 0.478 e. The van der Waals surface area contributed by atoms with Crippen molar-refractivity contribution in [2.75, 3.05) is 0 Å². The molecule has 0 aliphatic heterocycles. The zero-order valence-electron chi connectivity index (χ0n) is 13.1. The van der Waals surface area contributed by atoms with Crippen LogP contribution in [0, 0.1) is 6.92 Å². The molecule has 1 heterocycles. The van der Waals surface area contributed by atoms with Crippen molar-refractivity contribution in [1.29, 1.82) is 0 Å². The first-order chi connectivity index (χ1) is 11.9. The van der Waals surface area contributed by atoms with E-state index in [9.17, 15) is 19.8 Å². The van der Waals surface area contributed by atoms with Crippen molar-refractivity contribution in [3.8, 4) is 16.9 Å². The van der Waals surface area contributed by atoms with Gasteiger partial charge in [-0.3, -0.25) is 0 Å². The van der Waals surface area contributed by atoms with Gasteiger partial charge in [-0.05, 0) is 36.8 Å². The van der Waals surface area contributed by atoms with Gasteiger partial charge in [0.25, 0.3) is 0 Å². The Morgan fingerprint density at radius 1 is 1.04 bits per heavy atom. The first kappa shape index (κ1) is 16.9. The van der Waals surface area contributed by atoms with Crippen molar-refractivity contribution in [2.24, 2.45) is 0 Å². The molecule has 0 amide bonds. The standard InChI is InChI=1S/C18H13BrN2O4/c1-10-3-2-4-13(9-10)21-16(11-5-7-12(19)8-6-11)14(17(22)23)15(20-21)18(24)25/h2-9H,1H3,(H,22,23)(H,24,25). The van der Waals surface area contributed by atoms with E-state index < -0.39 is 17.6 Å². The van der Waals surface area contributed by atoms with Crippen LogP contribution >= 0.6 is 15.9 Å². The highest BCUT2D eigenvalue weighted by Gasteiger charge is 2.29. The molecule has 0 radical (unpaired) electrons. The number of halogens is 1. The highest BCUT2D eigenvalue weighted by atomic mass is 79.9. The van der Waals surface area contributed by atoms with E-state index >= 15 is 0 Å². The number of carbonyl (C=O) groups is 2. The summed E-state index contributed by atoms with van der Waals surface area (Å²) >= 11 is 3.33. The predicted molar refractivity (Wildman–Crippen MR) is 95.4 cm³/mol. The molecule has 0 aliphatic carbocycles. The Balaban J connectivity index is 2.37. The van der Waals surface area contributed by atoms with Crippen molar-refractivity contribution >= 4 is 27.9 Å². The highest BCUT2D eigenvalue weighted by molar-refractivity contribution is 9.10. The summed E-state index contributed by atoms with van der Waals surface area (Å²) in [6.45, 7) is 1.89. The fourth-order valence-electron chi connectivity index (χ4n) is 2.59. The minimum absolute atomic E-state index is 0.225.